The van der Waals surface area contributed by atoms with Crippen molar-refractivity contribution in [3.63, 3.8) is 0 Å². The number of hydrogen-bond acceptors (Lipinski definition) is 5. The van der Waals surface area contributed by atoms with E-state index in [1.807, 2.05) is 77.2 Å². The predicted molar refractivity (Wildman–Crippen MR) is 122 cm³/mol. The minimum Gasteiger partial charge on any atom is -0.496 e. The minimum atomic E-state index is -0.0428. The zero-order valence-electron chi connectivity index (χ0n) is 16.0. The summed E-state index contributed by atoms with van der Waals surface area (Å²) in [5.41, 5.74) is 3.15. The molecule has 3 aromatic carbocycles. The van der Waals surface area contributed by atoms with E-state index in [1.54, 1.807) is 7.11 Å². The number of para-hydroxylation sites is 3. The maximum absolute atomic E-state index is 13.4. The zero-order valence-corrected chi connectivity index (χ0v) is 16.8. The van der Waals surface area contributed by atoms with Crippen LogP contribution >= 0.6 is 11.3 Å². The Kier molecular flexibility index (Phi) is 3.63. The third-order valence-electron chi connectivity index (χ3n) is 5.33. The van der Waals surface area contributed by atoms with Crippen LogP contribution in [0.3, 0.4) is 0 Å². The van der Waals surface area contributed by atoms with E-state index < -0.39 is 0 Å². The highest BCUT2D eigenvalue weighted by atomic mass is 32.1. The second-order valence-corrected chi connectivity index (χ2v) is 8.03. The van der Waals surface area contributed by atoms with Gasteiger partial charge in [-0.05, 0) is 36.4 Å². The molecule has 0 spiro atoms. The Morgan fingerprint density at radius 3 is 2.57 bits per heavy atom. The average Bonchev–Trinajstić information content (AvgIpc) is 3.18. The fourth-order valence-corrected chi connectivity index (χ4v) is 5.01. The molecular weight excluding hydrogens is 394 g/mol. The van der Waals surface area contributed by atoms with Gasteiger partial charge in [0.25, 0.3) is 0 Å². The molecule has 0 fully saturated rings. The highest BCUT2D eigenvalue weighted by molar-refractivity contribution is 7.24. The Balaban J connectivity index is 1.90. The van der Waals surface area contributed by atoms with Crippen LogP contribution in [-0.2, 0) is 0 Å². The van der Waals surface area contributed by atoms with E-state index in [0.717, 1.165) is 27.0 Å². The lowest BCUT2D eigenvalue weighted by Crippen LogP contribution is -2.07. The zero-order chi connectivity index (χ0) is 20.2. The number of methoxy groups -OCH3 is 1. The molecule has 3 aromatic heterocycles. The summed E-state index contributed by atoms with van der Waals surface area (Å²) in [6.45, 7) is 0. The van der Waals surface area contributed by atoms with E-state index >= 15 is 0 Å². The van der Waals surface area contributed by atoms with Crippen LogP contribution in [0.5, 0.6) is 5.75 Å². The molecule has 0 unspecified atom stereocenters. The van der Waals surface area contributed by atoms with Gasteiger partial charge in [0.15, 0.2) is 11.5 Å². The van der Waals surface area contributed by atoms with Gasteiger partial charge in [0.1, 0.15) is 16.0 Å². The molecule has 0 N–H and O–H groups in total. The van der Waals surface area contributed by atoms with Crippen LogP contribution in [-0.4, -0.2) is 21.5 Å². The molecular formula is C24H15N3O2S. The molecule has 30 heavy (non-hydrogen) atoms. The van der Waals surface area contributed by atoms with Crippen LogP contribution in [0.4, 0.5) is 0 Å². The summed E-state index contributed by atoms with van der Waals surface area (Å²) in [5.74, 6) is 1.42. The van der Waals surface area contributed by atoms with E-state index in [9.17, 15) is 4.79 Å². The standard InChI is InChI=1S/C24H15N3O2S/c1-29-18-12-6-2-8-14(18)22-26-24-20(21(28)15-9-3-7-13-19(15)30-24)23-25-16-10-4-5-11-17(16)27(22)23/h2-13H,1H3. The van der Waals surface area contributed by atoms with Gasteiger partial charge in [0.05, 0.1) is 23.7 Å². The lowest BCUT2D eigenvalue weighted by Gasteiger charge is -2.12. The van der Waals surface area contributed by atoms with Gasteiger partial charge < -0.3 is 4.74 Å². The van der Waals surface area contributed by atoms with Gasteiger partial charge in [0.2, 0.25) is 5.43 Å². The molecule has 6 aromatic rings. The Morgan fingerprint density at radius 1 is 0.900 bits per heavy atom. The molecule has 6 rings (SSSR count). The summed E-state index contributed by atoms with van der Waals surface area (Å²) in [7, 11) is 1.65. The summed E-state index contributed by atoms with van der Waals surface area (Å²) >= 11 is 1.51. The van der Waals surface area contributed by atoms with E-state index in [0.29, 0.717) is 27.1 Å². The van der Waals surface area contributed by atoms with Gasteiger partial charge in [-0.3, -0.25) is 9.20 Å². The molecule has 0 aliphatic heterocycles. The number of benzene rings is 3. The molecule has 0 atom stereocenters. The highest BCUT2D eigenvalue weighted by Gasteiger charge is 2.20. The third-order valence-corrected chi connectivity index (χ3v) is 6.40. The van der Waals surface area contributed by atoms with Crippen molar-refractivity contribution in [3.8, 4) is 17.1 Å². The molecule has 5 nitrogen and oxygen atoms in total. The van der Waals surface area contributed by atoms with Gasteiger partial charge >= 0.3 is 0 Å². The van der Waals surface area contributed by atoms with Crippen molar-refractivity contribution in [1.82, 2.24) is 14.4 Å². The SMILES string of the molecule is COc1ccccc1-c1nc2sc3ccccc3c(=O)c2c2nc3ccccc3n12. The molecule has 3 heterocycles. The van der Waals surface area contributed by atoms with E-state index in [2.05, 4.69) is 0 Å². The molecule has 6 heteroatoms. The van der Waals surface area contributed by atoms with Gasteiger partial charge in [0, 0.05) is 10.1 Å². The maximum Gasteiger partial charge on any atom is 0.201 e. The van der Waals surface area contributed by atoms with Crippen molar-refractivity contribution in [2.24, 2.45) is 0 Å². The molecule has 144 valence electrons. The van der Waals surface area contributed by atoms with E-state index in [1.165, 1.54) is 11.3 Å². The highest BCUT2D eigenvalue weighted by Crippen LogP contribution is 2.35. The quantitative estimate of drug-likeness (QED) is 0.365. The third kappa shape index (κ3) is 2.31. The van der Waals surface area contributed by atoms with E-state index in [4.69, 9.17) is 14.7 Å². The smallest absolute Gasteiger partial charge is 0.201 e. The largest absolute Gasteiger partial charge is 0.496 e. The van der Waals surface area contributed by atoms with Crippen LogP contribution < -0.4 is 10.2 Å². The van der Waals surface area contributed by atoms with Gasteiger partial charge in [-0.15, -0.1) is 11.3 Å². The van der Waals surface area contributed by atoms with E-state index in [-0.39, 0.29) is 5.43 Å². The molecule has 0 aliphatic rings. The number of nitrogens with zero attached hydrogens (tertiary/aromatic N) is 3. The Morgan fingerprint density at radius 2 is 1.67 bits per heavy atom. The Hall–Kier alpha value is -3.77. The molecule has 0 saturated heterocycles. The number of hydrogen-bond donors (Lipinski definition) is 0. The van der Waals surface area contributed by atoms with Crippen LogP contribution in [0.15, 0.2) is 77.6 Å². The normalized spacial score (nSPS) is 11.6. The average molecular weight is 409 g/mol. The summed E-state index contributed by atoms with van der Waals surface area (Å²) < 4.78 is 8.49. The summed E-state index contributed by atoms with van der Waals surface area (Å²) in [4.78, 5) is 23.9. The number of aromatic nitrogens is 3. The predicted octanol–water partition coefficient (Wildman–Crippen LogP) is 5.29. The van der Waals surface area contributed by atoms with Crippen LogP contribution in [0, 0.1) is 0 Å². The fourth-order valence-electron chi connectivity index (χ4n) is 3.97. The molecule has 0 saturated carbocycles. The molecule has 0 radical (unpaired) electrons. The monoisotopic (exact) mass is 409 g/mol. The topological polar surface area (TPSA) is 56.5 Å². The lowest BCUT2D eigenvalue weighted by molar-refractivity contribution is 0.416. The van der Waals surface area contributed by atoms with Crippen molar-refractivity contribution >= 4 is 48.3 Å². The Bertz CT molecular complexity index is 1670. The minimum absolute atomic E-state index is 0.0428. The first-order chi connectivity index (χ1) is 14.8. The van der Waals surface area contributed by atoms with Crippen LogP contribution in [0.25, 0.3) is 48.4 Å². The maximum atomic E-state index is 13.4. The summed E-state index contributed by atoms with van der Waals surface area (Å²) in [6, 6.07) is 23.3. The first-order valence-electron chi connectivity index (χ1n) is 9.52. The molecule has 0 aliphatic carbocycles. The lowest BCUT2D eigenvalue weighted by atomic mass is 10.1. The fraction of sp³-hybridized carbons (Fsp3) is 0.0417. The van der Waals surface area contributed by atoms with Crippen molar-refractivity contribution in [2.45, 2.75) is 0 Å². The molecule has 0 amide bonds. The molecule has 0 bridgehead atoms. The first kappa shape index (κ1) is 17.1. The first-order valence-corrected chi connectivity index (χ1v) is 10.3. The number of rotatable bonds is 2. The summed E-state index contributed by atoms with van der Waals surface area (Å²) in [6.07, 6.45) is 0. The van der Waals surface area contributed by atoms with Crippen LogP contribution in [0.1, 0.15) is 0 Å². The van der Waals surface area contributed by atoms with Gasteiger partial charge in [-0.2, -0.15) is 0 Å². The van der Waals surface area contributed by atoms with Gasteiger partial charge in [-0.1, -0.05) is 36.4 Å². The second-order valence-electron chi connectivity index (χ2n) is 7.00. The van der Waals surface area contributed by atoms with Crippen molar-refractivity contribution in [2.75, 3.05) is 7.11 Å². The van der Waals surface area contributed by atoms with Gasteiger partial charge in [-0.25, -0.2) is 9.97 Å². The second kappa shape index (κ2) is 6.37. The number of fused-ring (bicyclic) bond motifs is 6. The van der Waals surface area contributed by atoms with Crippen LogP contribution in [0.2, 0.25) is 0 Å². The van der Waals surface area contributed by atoms with Crippen molar-refractivity contribution < 1.29 is 4.74 Å². The summed E-state index contributed by atoms with van der Waals surface area (Å²) in [5, 5.41) is 1.24. The van der Waals surface area contributed by atoms with Crippen molar-refractivity contribution in [1.29, 1.82) is 0 Å². The number of imidazole rings is 1. The number of ether oxygens (including phenoxy) is 1. The van der Waals surface area contributed by atoms with Crippen molar-refractivity contribution in [3.05, 3.63) is 83.0 Å². The Labute approximate surface area is 174 Å².